The molecular weight excluding hydrogens is 348 g/mol. The molecule has 0 N–H and O–H groups in total. The SMILES string of the molecule is CCCC(C#Cc1ccccc1)OC(=O)C=C(C(=O)OCC)C(=O)OCC. The first kappa shape index (κ1) is 22.0. The van der Waals surface area contributed by atoms with E-state index in [9.17, 15) is 14.4 Å². The third-order valence-corrected chi connectivity index (χ3v) is 3.21. The highest BCUT2D eigenvalue weighted by Crippen LogP contribution is 2.07. The molecule has 0 saturated heterocycles. The molecule has 6 heteroatoms. The summed E-state index contributed by atoms with van der Waals surface area (Å²) in [5.41, 5.74) is 0.291. The van der Waals surface area contributed by atoms with Crippen LogP contribution in [0.4, 0.5) is 0 Å². The normalized spacial score (nSPS) is 10.6. The van der Waals surface area contributed by atoms with E-state index in [-0.39, 0.29) is 13.2 Å². The summed E-state index contributed by atoms with van der Waals surface area (Å²) in [6.07, 6.45) is 1.40. The van der Waals surface area contributed by atoms with Gasteiger partial charge in [-0.15, -0.1) is 0 Å². The van der Waals surface area contributed by atoms with E-state index < -0.39 is 29.6 Å². The molecule has 0 aromatic heterocycles. The van der Waals surface area contributed by atoms with E-state index in [2.05, 4.69) is 11.8 Å². The van der Waals surface area contributed by atoms with Gasteiger partial charge in [0.15, 0.2) is 11.7 Å². The smallest absolute Gasteiger partial charge is 0.345 e. The number of hydrogen-bond acceptors (Lipinski definition) is 6. The molecule has 0 aliphatic carbocycles. The molecular formula is C21H24O6. The van der Waals surface area contributed by atoms with E-state index in [4.69, 9.17) is 14.2 Å². The minimum atomic E-state index is -0.935. The zero-order valence-electron chi connectivity index (χ0n) is 15.8. The lowest BCUT2D eigenvalue weighted by molar-refractivity contribution is -0.148. The van der Waals surface area contributed by atoms with Crippen molar-refractivity contribution in [3.8, 4) is 11.8 Å². The molecule has 1 aromatic rings. The molecule has 1 unspecified atom stereocenters. The number of carbonyl (C=O) groups excluding carboxylic acids is 3. The molecule has 0 spiro atoms. The Morgan fingerprint density at radius 3 is 2.11 bits per heavy atom. The van der Waals surface area contributed by atoms with Crippen LogP contribution in [0.3, 0.4) is 0 Å². The average Bonchev–Trinajstić information content (AvgIpc) is 2.65. The molecule has 6 nitrogen and oxygen atoms in total. The third kappa shape index (κ3) is 8.23. The van der Waals surface area contributed by atoms with Crippen LogP contribution in [-0.2, 0) is 28.6 Å². The molecule has 1 atom stereocenters. The van der Waals surface area contributed by atoms with Crippen molar-refractivity contribution in [1.82, 2.24) is 0 Å². The highest BCUT2D eigenvalue weighted by atomic mass is 16.6. The Balaban J connectivity index is 2.94. The van der Waals surface area contributed by atoms with Crippen LogP contribution in [0, 0.1) is 11.8 Å². The van der Waals surface area contributed by atoms with Gasteiger partial charge in [0.1, 0.15) is 0 Å². The Bertz CT molecular complexity index is 704. The average molecular weight is 372 g/mol. The number of esters is 3. The summed E-state index contributed by atoms with van der Waals surface area (Å²) >= 11 is 0. The van der Waals surface area contributed by atoms with Gasteiger partial charge in [-0.25, -0.2) is 14.4 Å². The fourth-order valence-corrected chi connectivity index (χ4v) is 2.02. The molecule has 0 aliphatic heterocycles. The number of rotatable bonds is 8. The van der Waals surface area contributed by atoms with Crippen LogP contribution in [0.2, 0.25) is 0 Å². The van der Waals surface area contributed by atoms with Gasteiger partial charge in [-0.2, -0.15) is 0 Å². The minimum Gasteiger partial charge on any atom is -0.462 e. The Hall–Kier alpha value is -3.07. The lowest BCUT2D eigenvalue weighted by atomic mass is 10.1. The van der Waals surface area contributed by atoms with Crippen LogP contribution < -0.4 is 0 Å². The lowest BCUT2D eigenvalue weighted by Crippen LogP contribution is -2.22. The second-order valence-electron chi connectivity index (χ2n) is 5.35. The molecule has 0 saturated carbocycles. The van der Waals surface area contributed by atoms with E-state index in [1.807, 2.05) is 37.3 Å². The van der Waals surface area contributed by atoms with Crippen molar-refractivity contribution in [2.75, 3.05) is 13.2 Å². The van der Waals surface area contributed by atoms with Crippen molar-refractivity contribution in [2.24, 2.45) is 0 Å². The summed E-state index contributed by atoms with van der Waals surface area (Å²) in [7, 11) is 0. The van der Waals surface area contributed by atoms with Gasteiger partial charge in [0.25, 0.3) is 0 Å². The van der Waals surface area contributed by atoms with Crippen molar-refractivity contribution in [1.29, 1.82) is 0 Å². The first-order valence-electron chi connectivity index (χ1n) is 8.84. The first-order valence-corrected chi connectivity index (χ1v) is 8.84. The van der Waals surface area contributed by atoms with Crippen LogP contribution in [0.5, 0.6) is 0 Å². The number of hydrogen-bond donors (Lipinski definition) is 0. The molecule has 27 heavy (non-hydrogen) atoms. The number of benzene rings is 1. The van der Waals surface area contributed by atoms with E-state index in [0.29, 0.717) is 6.42 Å². The van der Waals surface area contributed by atoms with Crippen molar-refractivity contribution >= 4 is 17.9 Å². The van der Waals surface area contributed by atoms with Crippen molar-refractivity contribution in [3.05, 3.63) is 47.5 Å². The van der Waals surface area contributed by atoms with E-state index in [0.717, 1.165) is 18.1 Å². The minimum absolute atomic E-state index is 0.0611. The predicted octanol–water partition coefficient (Wildman–Crippen LogP) is 2.80. The van der Waals surface area contributed by atoms with E-state index in [1.165, 1.54) is 0 Å². The van der Waals surface area contributed by atoms with Gasteiger partial charge < -0.3 is 14.2 Å². The molecule has 0 radical (unpaired) electrons. The molecule has 0 heterocycles. The zero-order valence-corrected chi connectivity index (χ0v) is 15.8. The van der Waals surface area contributed by atoms with E-state index >= 15 is 0 Å². The highest BCUT2D eigenvalue weighted by molar-refractivity contribution is 6.17. The maximum absolute atomic E-state index is 12.2. The molecule has 0 fully saturated rings. The summed E-state index contributed by atoms with van der Waals surface area (Å²) in [6, 6.07) is 9.29. The largest absolute Gasteiger partial charge is 0.462 e. The van der Waals surface area contributed by atoms with Gasteiger partial charge >= 0.3 is 17.9 Å². The fraction of sp³-hybridized carbons (Fsp3) is 0.381. The zero-order chi connectivity index (χ0) is 20.1. The predicted molar refractivity (Wildman–Crippen MR) is 99.5 cm³/mol. The summed E-state index contributed by atoms with van der Waals surface area (Å²) < 4.78 is 14.9. The number of ether oxygens (including phenoxy) is 3. The Labute approximate surface area is 159 Å². The maximum Gasteiger partial charge on any atom is 0.345 e. The number of carbonyl (C=O) groups is 3. The fourth-order valence-electron chi connectivity index (χ4n) is 2.02. The van der Waals surface area contributed by atoms with Gasteiger partial charge in [-0.3, -0.25) is 0 Å². The Kier molecular flexibility index (Phi) is 10.0. The summed E-state index contributed by atoms with van der Waals surface area (Å²) in [4.78, 5) is 36.0. The van der Waals surface area contributed by atoms with Crippen LogP contribution >= 0.6 is 0 Å². The molecule has 1 rings (SSSR count). The third-order valence-electron chi connectivity index (χ3n) is 3.21. The van der Waals surface area contributed by atoms with Crippen LogP contribution in [0.15, 0.2) is 42.0 Å². The Morgan fingerprint density at radius 2 is 1.59 bits per heavy atom. The van der Waals surface area contributed by atoms with Gasteiger partial charge in [0.05, 0.1) is 13.2 Å². The van der Waals surface area contributed by atoms with Crippen LogP contribution in [0.1, 0.15) is 39.2 Å². The lowest BCUT2D eigenvalue weighted by Gasteiger charge is -2.11. The van der Waals surface area contributed by atoms with Gasteiger partial charge in [-0.05, 0) is 32.4 Å². The first-order chi connectivity index (χ1) is 13.0. The monoisotopic (exact) mass is 372 g/mol. The second-order valence-corrected chi connectivity index (χ2v) is 5.35. The van der Waals surface area contributed by atoms with Gasteiger partial charge in [0, 0.05) is 11.6 Å². The molecule has 0 amide bonds. The molecule has 0 aliphatic rings. The van der Waals surface area contributed by atoms with E-state index in [1.54, 1.807) is 13.8 Å². The topological polar surface area (TPSA) is 78.9 Å². The van der Waals surface area contributed by atoms with Crippen molar-refractivity contribution < 1.29 is 28.6 Å². The molecule has 1 aromatic carbocycles. The standard InChI is InChI=1S/C21H24O6/c1-4-10-17(14-13-16-11-8-7-9-12-16)27-19(22)15-18(20(23)25-5-2)21(24)26-6-3/h7-9,11-12,15,17H,4-6,10H2,1-3H3. The van der Waals surface area contributed by atoms with Crippen molar-refractivity contribution in [3.63, 3.8) is 0 Å². The summed E-state index contributed by atoms with van der Waals surface area (Å²) in [5, 5.41) is 0. The van der Waals surface area contributed by atoms with Crippen molar-refractivity contribution in [2.45, 2.75) is 39.7 Å². The van der Waals surface area contributed by atoms with Crippen LogP contribution in [-0.4, -0.2) is 37.2 Å². The maximum atomic E-state index is 12.2. The van der Waals surface area contributed by atoms with Crippen LogP contribution in [0.25, 0.3) is 0 Å². The summed E-state index contributed by atoms with van der Waals surface area (Å²) in [5.74, 6) is 3.11. The highest BCUT2D eigenvalue weighted by Gasteiger charge is 2.23. The quantitative estimate of drug-likeness (QED) is 0.174. The molecule has 144 valence electrons. The van der Waals surface area contributed by atoms with Gasteiger partial charge in [-0.1, -0.05) is 43.4 Å². The van der Waals surface area contributed by atoms with Gasteiger partial charge in [0.2, 0.25) is 0 Å². The Morgan fingerprint density at radius 1 is 1.00 bits per heavy atom. The summed E-state index contributed by atoms with van der Waals surface area (Å²) in [6.45, 7) is 5.24. The second kappa shape index (κ2) is 12.3. The molecule has 0 bridgehead atoms.